The Kier molecular flexibility index (Phi) is 3.92. The van der Waals surface area contributed by atoms with Gasteiger partial charge in [-0.15, -0.1) is 0 Å². The summed E-state index contributed by atoms with van der Waals surface area (Å²) < 4.78 is 10.4. The highest BCUT2D eigenvalue weighted by Crippen LogP contribution is 2.30. The van der Waals surface area contributed by atoms with Crippen LogP contribution >= 0.6 is 11.6 Å². The second-order valence-corrected chi connectivity index (χ2v) is 5.61. The van der Waals surface area contributed by atoms with Crippen molar-refractivity contribution in [2.75, 3.05) is 0 Å². The third-order valence-electron chi connectivity index (χ3n) is 3.49. The number of hydrogen-bond acceptors (Lipinski definition) is 4. The maximum atomic E-state index is 12.1. The van der Waals surface area contributed by atoms with Crippen molar-refractivity contribution in [2.45, 2.75) is 13.8 Å². The molecule has 0 atom stereocenters. The van der Waals surface area contributed by atoms with E-state index < -0.39 is 11.9 Å². The van der Waals surface area contributed by atoms with Gasteiger partial charge in [0, 0.05) is 10.6 Å². The van der Waals surface area contributed by atoms with Gasteiger partial charge in [-0.1, -0.05) is 29.8 Å². The highest BCUT2D eigenvalue weighted by molar-refractivity contribution is 6.32. The minimum Gasteiger partial charge on any atom is -0.423 e. The molecule has 23 heavy (non-hydrogen) atoms. The molecular weight excluding hydrogens is 316 g/mol. The molecule has 0 bridgehead atoms. The molecule has 0 N–H and O–H groups in total. The molecule has 2 aromatic carbocycles. The van der Waals surface area contributed by atoms with E-state index in [-0.39, 0.29) is 5.76 Å². The number of aryl methyl sites for hydroxylation is 2. The van der Waals surface area contributed by atoms with Gasteiger partial charge >= 0.3 is 11.9 Å². The van der Waals surface area contributed by atoms with Crippen molar-refractivity contribution in [1.82, 2.24) is 0 Å². The molecular formula is C18H13ClO4. The molecule has 116 valence electrons. The Hall–Kier alpha value is -2.59. The van der Waals surface area contributed by atoms with E-state index in [2.05, 4.69) is 0 Å². The van der Waals surface area contributed by atoms with Crippen LogP contribution in [0, 0.1) is 13.8 Å². The topological polar surface area (TPSA) is 52.6 Å². The van der Waals surface area contributed by atoms with Crippen molar-refractivity contribution in [2.24, 2.45) is 0 Å². The summed E-state index contributed by atoms with van der Waals surface area (Å²) in [4.78, 5) is 23.8. The summed E-state index contributed by atoms with van der Waals surface area (Å²) in [5.41, 5.74) is 2.65. The molecule has 0 radical (unpaired) electrons. The second kappa shape index (κ2) is 5.89. The number of carbonyl (C=O) groups is 2. The van der Waals surface area contributed by atoms with Crippen molar-refractivity contribution >= 4 is 29.3 Å². The lowest BCUT2D eigenvalue weighted by Crippen LogP contribution is -2.06. The predicted octanol–water partition coefficient (Wildman–Crippen LogP) is 4.07. The first-order valence-electron chi connectivity index (χ1n) is 6.97. The van der Waals surface area contributed by atoms with E-state index in [0.717, 1.165) is 11.1 Å². The molecule has 1 aliphatic rings. The van der Waals surface area contributed by atoms with Crippen LogP contribution in [0.25, 0.3) is 5.76 Å². The van der Waals surface area contributed by atoms with Crippen molar-refractivity contribution in [3.63, 3.8) is 0 Å². The van der Waals surface area contributed by atoms with Crippen molar-refractivity contribution in [3.8, 4) is 5.75 Å². The van der Waals surface area contributed by atoms with Crippen molar-refractivity contribution in [3.05, 3.63) is 69.8 Å². The minimum absolute atomic E-state index is 0.193. The van der Waals surface area contributed by atoms with Crippen LogP contribution in [-0.2, 0) is 9.53 Å². The molecule has 0 amide bonds. The van der Waals surface area contributed by atoms with E-state index in [9.17, 15) is 9.59 Å². The lowest BCUT2D eigenvalue weighted by Gasteiger charge is -2.07. The number of ether oxygens (including phenoxy) is 2. The first-order chi connectivity index (χ1) is 11.0. The van der Waals surface area contributed by atoms with Gasteiger partial charge in [0.25, 0.3) is 0 Å². The largest absolute Gasteiger partial charge is 0.423 e. The highest BCUT2D eigenvalue weighted by Gasteiger charge is 2.26. The number of carbonyl (C=O) groups excluding carboxylic acids is 2. The summed E-state index contributed by atoms with van der Waals surface area (Å²) in [6.07, 6.45) is 1.17. The van der Waals surface area contributed by atoms with Crippen LogP contribution in [0.3, 0.4) is 0 Å². The van der Waals surface area contributed by atoms with Crippen molar-refractivity contribution in [1.29, 1.82) is 0 Å². The number of fused-ring (bicyclic) bond motifs is 1. The fraction of sp³-hybridized carbons (Fsp3) is 0.111. The summed E-state index contributed by atoms with van der Waals surface area (Å²) in [7, 11) is 0. The van der Waals surface area contributed by atoms with Gasteiger partial charge in [0.2, 0.25) is 0 Å². The van der Waals surface area contributed by atoms with E-state index in [0.29, 0.717) is 21.9 Å². The Balaban J connectivity index is 1.84. The molecule has 4 nitrogen and oxygen atoms in total. The first kappa shape index (κ1) is 15.3. The fourth-order valence-electron chi connectivity index (χ4n) is 2.41. The van der Waals surface area contributed by atoms with Gasteiger partial charge < -0.3 is 9.47 Å². The Morgan fingerprint density at radius 1 is 1.13 bits per heavy atom. The van der Waals surface area contributed by atoms with Crippen LogP contribution in [0.1, 0.15) is 27.0 Å². The molecule has 1 aliphatic heterocycles. The molecule has 3 rings (SSSR count). The van der Waals surface area contributed by atoms with Gasteiger partial charge in [-0.2, -0.15) is 0 Å². The monoisotopic (exact) mass is 328 g/mol. The SMILES string of the molecule is Cc1cc(OC(=O)/C=C2/OC(=O)c3ccccc32)cc(C)c1Cl. The molecule has 0 aliphatic carbocycles. The highest BCUT2D eigenvalue weighted by atomic mass is 35.5. The Morgan fingerprint density at radius 3 is 2.39 bits per heavy atom. The zero-order valence-corrected chi connectivity index (χ0v) is 13.3. The van der Waals surface area contributed by atoms with Crippen LogP contribution < -0.4 is 4.74 Å². The number of rotatable bonds is 2. The van der Waals surface area contributed by atoms with Gasteiger partial charge in [-0.25, -0.2) is 9.59 Å². The van der Waals surface area contributed by atoms with Gasteiger partial charge in [-0.3, -0.25) is 0 Å². The quantitative estimate of drug-likeness (QED) is 0.473. The number of halogens is 1. The molecule has 0 unspecified atom stereocenters. The maximum Gasteiger partial charge on any atom is 0.344 e. The standard InChI is InChI=1S/C18H13ClO4/c1-10-7-12(8-11(2)17(10)19)22-16(20)9-15-13-5-3-4-6-14(13)18(21)23-15/h3-9H,1-2H3/b15-9+. The Labute approximate surface area is 138 Å². The van der Waals surface area contributed by atoms with Crippen LogP contribution in [0.5, 0.6) is 5.75 Å². The third-order valence-corrected chi connectivity index (χ3v) is 4.09. The van der Waals surface area contributed by atoms with E-state index >= 15 is 0 Å². The summed E-state index contributed by atoms with van der Waals surface area (Å²) in [5, 5.41) is 0.641. The Bertz CT molecular complexity index is 829. The number of hydrogen-bond donors (Lipinski definition) is 0. The predicted molar refractivity (Wildman–Crippen MR) is 86.4 cm³/mol. The second-order valence-electron chi connectivity index (χ2n) is 5.24. The normalized spacial score (nSPS) is 14.6. The number of cyclic esters (lactones) is 1. The number of benzene rings is 2. The maximum absolute atomic E-state index is 12.1. The zero-order chi connectivity index (χ0) is 16.6. The van der Waals surface area contributed by atoms with E-state index in [1.54, 1.807) is 36.4 Å². The van der Waals surface area contributed by atoms with Gasteiger partial charge in [0.15, 0.2) is 0 Å². The smallest absolute Gasteiger partial charge is 0.344 e. The molecule has 0 saturated carbocycles. The summed E-state index contributed by atoms with van der Waals surface area (Å²) in [5.74, 6) is -0.509. The van der Waals surface area contributed by atoms with Gasteiger partial charge in [0.1, 0.15) is 11.5 Å². The number of esters is 2. The molecule has 0 aromatic heterocycles. The van der Waals surface area contributed by atoms with Crippen molar-refractivity contribution < 1.29 is 19.1 Å². The molecule has 5 heteroatoms. The average molecular weight is 329 g/mol. The zero-order valence-electron chi connectivity index (χ0n) is 12.6. The molecule has 0 fully saturated rings. The summed E-state index contributed by atoms with van der Waals surface area (Å²) in [6.45, 7) is 3.67. The van der Waals surface area contributed by atoms with Gasteiger partial charge in [0.05, 0.1) is 11.6 Å². The molecule has 0 spiro atoms. The summed E-state index contributed by atoms with van der Waals surface area (Å²) >= 11 is 6.09. The summed E-state index contributed by atoms with van der Waals surface area (Å²) in [6, 6.07) is 10.2. The fourth-order valence-corrected chi connectivity index (χ4v) is 2.52. The minimum atomic E-state index is -0.620. The van der Waals surface area contributed by atoms with Crippen LogP contribution in [-0.4, -0.2) is 11.9 Å². The van der Waals surface area contributed by atoms with Gasteiger partial charge in [-0.05, 0) is 43.2 Å². The molecule has 0 saturated heterocycles. The van der Waals surface area contributed by atoms with Crippen LogP contribution in [0.2, 0.25) is 5.02 Å². The average Bonchev–Trinajstić information content (AvgIpc) is 2.81. The lowest BCUT2D eigenvalue weighted by atomic mass is 10.1. The van der Waals surface area contributed by atoms with E-state index in [1.807, 2.05) is 13.8 Å². The molecule has 2 aromatic rings. The Morgan fingerprint density at radius 2 is 1.74 bits per heavy atom. The van der Waals surface area contributed by atoms with Crippen LogP contribution in [0.4, 0.5) is 0 Å². The van der Waals surface area contributed by atoms with Crippen LogP contribution in [0.15, 0.2) is 42.5 Å². The van der Waals surface area contributed by atoms with E-state index in [4.69, 9.17) is 21.1 Å². The lowest BCUT2D eigenvalue weighted by molar-refractivity contribution is -0.129. The van der Waals surface area contributed by atoms with E-state index in [1.165, 1.54) is 6.08 Å². The molecule has 1 heterocycles. The third kappa shape index (κ3) is 2.98. The first-order valence-corrected chi connectivity index (χ1v) is 7.35.